The van der Waals surface area contributed by atoms with Crippen molar-refractivity contribution in [3.8, 4) is 5.75 Å². The number of fused-ring (bicyclic) bond motifs is 1. The molecule has 136 valence electrons. The minimum atomic E-state index is -1.15. The van der Waals surface area contributed by atoms with E-state index in [1.807, 2.05) is 0 Å². The molecule has 0 spiro atoms. The fourth-order valence-electron chi connectivity index (χ4n) is 2.79. The van der Waals surface area contributed by atoms with Crippen LogP contribution in [0.5, 0.6) is 5.75 Å². The van der Waals surface area contributed by atoms with E-state index in [0.717, 1.165) is 6.07 Å². The molecule has 1 atom stereocenters. The molecule has 3 rings (SSSR count). The smallest absolute Gasteiger partial charge is 0.340 e. The molecule has 1 aliphatic rings. The van der Waals surface area contributed by atoms with Gasteiger partial charge < -0.3 is 24.7 Å². The molecule has 0 fully saturated rings. The number of carbonyl (C=O) groups is 1. The van der Waals surface area contributed by atoms with Gasteiger partial charge in [0, 0.05) is 11.6 Å². The largest absolute Gasteiger partial charge is 0.462 e. The molecule has 1 aliphatic heterocycles. The van der Waals surface area contributed by atoms with Gasteiger partial charge in [-0.3, -0.25) is 4.79 Å². The molecule has 0 radical (unpaired) electrons. The second kappa shape index (κ2) is 7.01. The van der Waals surface area contributed by atoms with E-state index in [4.69, 9.17) is 19.6 Å². The second-order valence-electron chi connectivity index (χ2n) is 5.48. The van der Waals surface area contributed by atoms with E-state index < -0.39 is 29.7 Å². The van der Waals surface area contributed by atoms with Gasteiger partial charge in [-0.25, -0.2) is 9.18 Å². The van der Waals surface area contributed by atoms with Crippen molar-refractivity contribution in [2.24, 2.45) is 5.73 Å². The van der Waals surface area contributed by atoms with Crippen LogP contribution in [0.1, 0.15) is 29.9 Å². The Hall–Kier alpha value is -3.13. The number of carbonyl (C=O) groups excluding carboxylic acids is 1. The fourth-order valence-corrected chi connectivity index (χ4v) is 2.79. The quantitative estimate of drug-likeness (QED) is 0.794. The number of benzene rings is 1. The van der Waals surface area contributed by atoms with Crippen LogP contribution in [-0.4, -0.2) is 17.7 Å². The maximum Gasteiger partial charge on any atom is 0.340 e. The lowest BCUT2D eigenvalue weighted by molar-refractivity contribution is -0.139. The first-order valence-corrected chi connectivity index (χ1v) is 7.84. The van der Waals surface area contributed by atoms with E-state index in [0.29, 0.717) is 0 Å². The molecule has 1 aromatic heterocycles. The summed E-state index contributed by atoms with van der Waals surface area (Å²) < 4.78 is 30.3. The molecule has 0 unspecified atom stereocenters. The molecule has 1 aromatic carbocycles. The Bertz CT molecular complexity index is 949. The highest BCUT2D eigenvalue weighted by molar-refractivity contribution is 5.92. The number of esters is 1. The molecule has 0 bridgehead atoms. The lowest BCUT2D eigenvalue weighted by Gasteiger charge is -2.27. The minimum absolute atomic E-state index is 0.0534. The highest BCUT2D eigenvalue weighted by Gasteiger charge is 2.40. The van der Waals surface area contributed by atoms with Crippen LogP contribution in [0.15, 0.2) is 51.0 Å². The summed E-state index contributed by atoms with van der Waals surface area (Å²) in [6.07, 6.45) is 0. The minimum Gasteiger partial charge on any atom is -0.462 e. The number of nitrogens with two attached hydrogens (primary N) is 1. The van der Waals surface area contributed by atoms with Gasteiger partial charge in [-0.2, -0.15) is 0 Å². The van der Waals surface area contributed by atoms with Crippen LogP contribution in [0.25, 0.3) is 0 Å². The molecule has 26 heavy (non-hydrogen) atoms. The molecular formula is C18H16FNO6. The van der Waals surface area contributed by atoms with Crippen LogP contribution in [-0.2, 0) is 16.1 Å². The maximum absolute atomic E-state index is 14.5. The first-order chi connectivity index (χ1) is 12.5. The Balaban J connectivity index is 2.30. The van der Waals surface area contributed by atoms with E-state index in [9.17, 15) is 19.1 Å². The van der Waals surface area contributed by atoms with Crippen LogP contribution < -0.4 is 15.9 Å². The van der Waals surface area contributed by atoms with Crippen LogP contribution in [0.2, 0.25) is 0 Å². The van der Waals surface area contributed by atoms with Crippen molar-refractivity contribution in [2.75, 3.05) is 6.61 Å². The number of aliphatic hydroxyl groups excluding tert-OH is 1. The van der Waals surface area contributed by atoms with Gasteiger partial charge in [0.05, 0.1) is 12.5 Å². The molecule has 2 aromatic rings. The zero-order chi connectivity index (χ0) is 18.8. The van der Waals surface area contributed by atoms with Gasteiger partial charge in [0.2, 0.25) is 17.1 Å². The Kier molecular flexibility index (Phi) is 4.77. The number of hydrogen-bond acceptors (Lipinski definition) is 7. The van der Waals surface area contributed by atoms with E-state index in [1.54, 1.807) is 13.0 Å². The summed E-state index contributed by atoms with van der Waals surface area (Å²) in [6, 6.07) is 6.74. The first-order valence-electron chi connectivity index (χ1n) is 7.84. The van der Waals surface area contributed by atoms with Gasteiger partial charge in [0.1, 0.15) is 23.8 Å². The molecule has 0 saturated carbocycles. The first kappa shape index (κ1) is 17.7. The van der Waals surface area contributed by atoms with Gasteiger partial charge in [-0.15, -0.1) is 0 Å². The van der Waals surface area contributed by atoms with E-state index in [2.05, 4.69) is 0 Å². The van der Waals surface area contributed by atoms with E-state index >= 15 is 0 Å². The van der Waals surface area contributed by atoms with Gasteiger partial charge in [-0.05, 0) is 13.0 Å². The monoisotopic (exact) mass is 361 g/mol. The molecular weight excluding hydrogens is 345 g/mol. The average Bonchev–Trinajstić information content (AvgIpc) is 2.62. The highest BCUT2D eigenvalue weighted by atomic mass is 19.1. The predicted molar refractivity (Wildman–Crippen MR) is 87.6 cm³/mol. The van der Waals surface area contributed by atoms with Crippen molar-refractivity contribution in [2.45, 2.75) is 19.4 Å². The topological polar surface area (TPSA) is 112 Å². The van der Waals surface area contributed by atoms with Gasteiger partial charge in [-0.1, -0.05) is 18.2 Å². The van der Waals surface area contributed by atoms with Gasteiger partial charge in [0.25, 0.3) is 0 Å². The molecule has 0 amide bonds. The lowest BCUT2D eigenvalue weighted by atomic mass is 9.86. The lowest BCUT2D eigenvalue weighted by Crippen LogP contribution is -2.30. The van der Waals surface area contributed by atoms with Crippen molar-refractivity contribution in [1.29, 1.82) is 0 Å². The predicted octanol–water partition coefficient (Wildman–Crippen LogP) is 1.53. The second-order valence-corrected chi connectivity index (χ2v) is 5.48. The highest BCUT2D eigenvalue weighted by Crippen LogP contribution is 2.42. The Labute approximate surface area is 147 Å². The number of aliphatic hydroxyl groups is 1. The van der Waals surface area contributed by atoms with Gasteiger partial charge >= 0.3 is 5.97 Å². The number of ether oxygens (including phenoxy) is 2. The van der Waals surface area contributed by atoms with Crippen LogP contribution in [0.4, 0.5) is 4.39 Å². The average molecular weight is 361 g/mol. The Morgan fingerprint density at radius 3 is 2.77 bits per heavy atom. The number of rotatable bonds is 4. The summed E-state index contributed by atoms with van der Waals surface area (Å²) in [5.41, 5.74) is 5.12. The third-order valence-corrected chi connectivity index (χ3v) is 3.88. The summed E-state index contributed by atoms with van der Waals surface area (Å²) in [4.78, 5) is 24.7. The van der Waals surface area contributed by atoms with Crippen molar-refractivity contribution in [3.05, 3.63) is 74.9 Å². The summed E-state index contributed by atoms with van der Waals surface area (Å²) in [7, 11) is 0. The summed E-state index contributed by atoms with van der Waals surface area (Å²) in [6.45, 7) is 1.11. The number of hydrogen-bond donors (Lipinski definition) is 2. The van der Waals surface area contributed by atoms with Crippen molar-refractivity contribution in [3.63, 3.8) is 0 Å². The SMILES string of the molecule is CCOC(=O)C1=C(N)Oc2c(oc(CO)cc2=O)[C@H]1c1ccccc1F. The molecule has 0 saturated heterocycles. The molecule has 0 aliphatic carbocycles. The third-order valence-electron chi connectivity index (χ3n) is 3.88. The normalized spacial score (nSPS) is 16.0. The zero-order valence-electron chi connectivity index (χ0n) is 13.8. The summed E-state index contributed by atoms with van der Waals surface area (Å²) in [5.74, 6) is -3.41. The van der Waals surface area contributed by atoms with Crippen LogP contribution in [0.3, 0.4) is 0 Å². The van der Waals surface area contributed by atoms with Crippen LogP contribution >= 0.6 is 0 Å². The summed E-state index contributed by atoms with van der Waals surface area (Å²) in [5, 5.41) is 9.31. The Morgan fingerprint density at radius 2 is 2.12 bits per heavy atom. The van der Waals surface area contributed by atoms with Crippen molar-refractivity contribution in [1.82, 2.24) is 0 Å². The van der Waals surface area contributed by atoms with Crippen molar-refractivity contribution >= 4 is 5.97 Å². The van der Waals surface area contributed by atoms with Crippen molar-refractivity contribution < 1.29 is 28.2 Å². The molecule has 3 N–H and O–H groups in total. The number of halogens is 1. The standard InChI is InChI=1S/C18H16FNO6/c1-2-24-18(23)14-13(10-5-3-4-6-11(10)19)16-15(26-17(14)20)12(22)7-9(8-21)25-16/h3-7,13,21H,2,8,20H2,1H3/t13-/m0/s1. The van der Waals surface area contributed by atoms with E-state index in [-0.39, 0.29) is 40.9 Å². The third kappa shape index (κ3) is 2.95. The maximum atomic E-state index is 14.5. The van der Waals surface area contributed by atoms with E-state index in [1.165, 1.54) is 18.2 Å². The molecule has 8 heteroatoms. The van der Waals surface area contributed by atoms with Gasteiger partial charge in [0.15, 0.2) is 5.76 Å². The Morgan fingerprint density at radius 1 is 1.38 bits per heavy atom. The summed E-state index contributed by atoms with van der Waals surface area (Å²) >= 11 is 0. The zero-order valence-corrected chi connectivity index (χ0v) is 13.8. The molecule has 7 nitrogen and oxygen atoms in total. The molecule has 2 heterocycles. The fraction of sp³-hybridized carbons (Fsp3) is 0.222. The van der Waals surface area contributed by atoms with Crippen LogP contribution in [0, 0.1) is 5.82 Å².